The summed E-state index contributed by atoms with van der Waals surface area (Å²) in [6.07, 6.45) is 8.66. The molecular weight excluding hydrogens is 332 g/mol. The van der Waals surface area contributed by atoms with E-state index in [1.807, 2.05) is 80.7 Å². The molecule has 2 N–H and O–H groups in total. The van der Waals surface area contributed by atoms with Gasteiger partial charge in [-0.2, -0.15) is 0 Å². The summed E-state index contributed by atoms with van der Waals surface area (Å²) in [5, 5.41) is 4.43. The number of para-hydroxylation sites is 1. The Labute approximate surface area is 160 Å². The molecule has 0 aliphatic carbocycles. The molecular formula is C24H26N2O. The predicted molar refractivity (Wildman–Crippen MR) is 113 cm³/mol. The van der Waals surface area contributed by atoms with Crippen molar-refractivity contribution in [3.05, 3.63) is 95.7 Å². The van der Waals surface area contributed by atoms with Crippen LogP contribution in [0.3, 0.4) is 0 Å². The van der Waals surface area contributed by atoms with E-state index in [4.69, 9.17) is 0 Å². The van der Waals surface area contributed by atoms with Crippen molar-refractivity contribution in [1.29, 1.82) is 0 Å². The van der Waals surface area contributed by atoms with Gasteiger partial charge in [-0.25, -0.2) is 0 Å². The summed E-state index contributed by atoms with van der Waals surface area (Å²) in [4.78, 5) is 16.5. The van der Waals surface area contributed by atoms with Gasteiger partial charge in [0.25, 0.3) is 0 Å². The van der Waals surface area contributed by atoms with Gasteiger partial charge in [0.1, 0.15) is 0 Å². The molecule has 0 spiro atoms. The van der Waals surface area contributed by atoms with Gasteiger partial charge in [-0.1, -0.05) is 66.8 Å². The maximum absolute atomic E-state index is 13.3. The molecule has 3 aromatic rings. The number of allylic oxidation sites excluding steroid dienone is 3. The molecule has 1 heterocycles. The number of nitrogens with one attached hydrogen (secondary N) is 2. The fourth-order valence-electron chi connectivity index (χ4n) is 3.24. The zero-order valence-corrected chi connectivity index (χ0v) is 15.9. The van der Waals surface area contributed by atoms with Crippen molar-refractivity contribution in [3.63, 3.8) is 0 Å². The molecule has 2 aromatic carbocycles. The number of hydrogen-bond donors (Lipinski definition) is 2. The van der Waals surface area contributed by atoms with Crippen LogP contribution in [0.4, 0.5) is 0 Å². The number of H-pyrrole nitrogens is 1. The van der Waals surface area contributed by atoms with Crippen LogP contribution in [0.5, 0.6) is 0 Å². The highest BCUT2D eigenvalue weighted by molar-refractivity contribution is 6.11. The molecule has 0 radical (unpaired) electrons. The van der Waals surface area contributed by atoms with Gasteiger partial charge in [-0.05, 0) is 37.5 Å². The van der Waals surface area contributed by atoms with Crippen molar-refractivity contribution >= 4 is 16.7 Å². The fraction of sp³-hybridized carbons (Fsp3) is 0.208. The number of carbonyl (C=O) groups is 1. The molecule has 3 nitrogen and oxygen atoms in total. The third kappa shape index (κ3) is 4.63. The number of ketones is 1. The summed E-state index contributed by atoms with van der Waals surface area (Å²) in [7, 11) is 0. The number of aromatic amines is 1. The molecule has 0 saturated carbocycles. The molecule has 0 aliphatic rings. The first-order chi connectivity index (χ1) is 13.2. The van der Waals surface area contributed by atoms with Gasteiger partial charge in [0.2, 0.25) is 0 Å². The van der Waals surface area contributed by atoms with Crippen LogP contribution in [0.2, 0.25) is 0 Å². The molecule has 1 atom stereocenters. The smallest absolute Gasteiger partial charge is 0.186 e. The SMILES string of the molecule is C/C=C\C=C(/C)C(NCCc1ccccc1)C(=O)c1c[nH]c2ccccc12. The Morgan fingerprint density at radius 3 is 2.63 bits per heavy atom. The van der Waals surface area contributed by atoms with Gasteiger partial charge in [0, 0.05) is 29.2 Å². The molecule has 0 fully saturated rings. The molecule has 3 rings (SSSR count). The molecule has 0 aliphatic heterocycles. The standard InChI is InChI=1S/C24H26N2O/c1-3-4-10-18(2)23(25-16-15-19-11-6-5-7-12-19)24(27)21-17-26-22-14-9-8-13-20(21)22/h3-14,17,23,25-26H,15-16H2,1-2H3/b4-3-,18-10+. The Morgan fingerprint density at radius 1 is 1.11 bits per heavy atom. The summed E-state index contributed by atoms with van der Waals surface area (Å²) in [6, 6.07) is 17.9. The summed E-state index contributed by atoms with van der Waals surface area (Å²) in [5.74, 6) is 0.0961. The molecule has 1 unspecified atom stereocenters. The second kappa shape index (κ2) is 9.15. The number of hydrogen-bond acceptors (Lipinski definition) is 2. The maximum Gasteiger partial charge on any atom is 0.186 e. The molecule has 0 amide bonds. The second-order valence-electron chi connectivity index (χ2n) is 6.67. The number of fused-ring (bicyclic) bond motifs is 1. The lowest BCUT2D eigenvalue weighted by molar-refractivity contribution is 0.0960. The molecule has 0 bridgehead atoms. The third-order valence-electron chi connectivity index (χ3n) is 4.73. The van der Waals surface area contributed by atoms with E-state index in [1.165, 1.54) is 5.56 Å². The Balaban J connectivity index is 1.81. The lowest BCUT2D eigenvalue weighted by Gasteiger charge is -2.18. The number of aromatic nitrogens is 1. The first-order valence-electron chi connectivity index (χ1n) is 9.38. The van der Waals surface area contributed by atoms with E-state index in [2.05, 4.69) is 22.4 Å². The molecule has 1 aromatic heterocycles. The zero-order valence-electron chi connectivity index (χ0n) is 15.9. The fourth-order valence-corrected chi connectivity index (χ4v) is 3.24. The van der Waals surface area contributed by atoms with Crippen LogP contribution in [-0.4, -0.2) is 23.4 Å². The van der Waals surface area contributed by atoms with Crippen LogP contribution >= 0.6 is 0 Å². The van der Waals surface area contributed by atoms with Crippen LogP contribution in [0.15, 0.2) is 84.6 Å². The van der Waals surface area contributed by atoms with E-state index in [0.717, 1.165) is 35.0 Å². The second-order valence-corrected chi connectivity index (χ2v) is 6.67. The maximum atomic E-state index is 13.3. The van der Waals surface area contributed by atoms with Gasteiger partial charge >= 0.3 is 0 Å². The molecule has 0 saturated heterocycles. The lowest BCUT2D eigenvalue weighted by Crippen LogP contribution is -2.39. The first-order valence-corrected chi connectivity index (χ1v) is 9.38. The van der Waals surface area contributed by atoms with Crippen LogP contribution in [0.1, 0.15) is 29.8 Å². The highest BCUT2D eigenvalue weighted by Crippen LogP contribution is 2.21. The summed E-state index contributed by atoms with van der Waals surface area (Å²) in [5.41, 5.74) is 3.99. The van der Waals surface area contributed by atoms with Crippen LogP contribution < -0.4 is 5.32 Å². The summed E-state index contributed by atoms with van der Waals surface area (Å²) >= 11 is 0. The number of benzene rings is 2. The largest absolute Gasteiger partial charge is 0.360 e. The van der Waals surface area contributed by atoms with Crippen molar-refractivity contribution < 1.29 is 4.79 Å². The minimum atomic E-state index is -0.343. The van der Waals surface area contributed by atoms with Crippen molar-refractivity contribution in [2.24, 2.45) is 0 Å². The van der Waals surface area contributed by atoms with Gasteiger partial charge < -0.3 is 10.3 Å². The van der Waals surface area contributed by atoms with Gasteiger partial charge in [-0.3, -0.25) is 4.79 Å². The topological polar surface area (TPSA) is 44.9 Å². The third-order valence-corrected chi connectivity index (χ3v) is 4.73. The Hall–Kier alpha value is -2.91. The monoisotopic (exact) mass is 358 g/mol. The minimum Gasteiger partial charge on any atom is -0.360 e. The number of Topliss-reactive ketones (excluding diaryl/α,β-unsaturated/α-hetero) is 1. The van der Waals surface area contributed by atoms with Crippen LogP contribution in [0, 0.1) is 0 Å². The number of rotatable bonds is 8. The Bertz CT molecular complexity index is 951. The Kier molecular flexibility index (Phi) is 6.39. The van der Waals surface area contributed by atoms with Crippen LogP contribution in [-0.2, 0) is 6.42 Å². The average molecular weight is 358 g/mol. The van der Waals surface area contributed by atoms with Gasteiger partial charge in [-0.15, -0.1) is 0 Å². The van der Waals surface area contributed by atoms with E-state index in [1.54, 1.807) is 0 Å². The van der Waals surface area contributed by atoms with Gasteiger partial charge in [0.05, 0.1) is 6.04 Å². The summed E-state index contributed by atoms with van der Waals surface area (Å²) < 4.78 is 0. The molecule has 138 valence electrons. The van der Waals surface area contributed by atoms with Crippen molar-refractivity contribution in [1.82, 2.24) is 10.3 Å². The number of carbonyl (C=O) groups excluding carboxylic acids is 1. The quantitative estimate of drug-likeness (QED) is 0.436. The Morgan fingerprint density at radius 2 is 1.85 bits per heavy atom. The van der Waals surface area contributed by atoms with Crippen molar-refractivity contribution in [2.75, 3.05) is 6.54 Å². The van der Waals surface area contributed by atoms with Crippen molar-refractivity contribution in [2.45, 2.75) is 26.3 Å². The molecule has 3 heteroatoms. The minimum absolute atomic E-state index is 0.0961. The molecule has 27 heavy (non-hydrogen) atoms. The van der Waals surface area contributed by atoms with Crippen LogP contribution in [0.25, 0.3) is 10.9 Å². The average Bonchev–Trinajstić information content (AvgIpc) is 3.14. The summed E-state index contributed by atoms with van der Waals surface area (Å²) in [6.45, 7) is 4.72. The van der Waals surface area contributed by atoms with Gasteiger partial charge in [0.15, 0.2) is 5.78 Å². The highest BCUT2D eigenvalue weighted by Gasteiger charge is 2.23. The first kappa shape index (κ1) is 18.9. The predicted octanol–water partition coefficient (Wildman–Crippen LogP) is 5.07. The van der Waals surface area contributed by atoms with E-state index < -0.39 is 0 Å². The van der Waals surface area contributed by atoms with E-state index >= 15 is 0 Å². The highest BCUT2D eigenvalue weighted by atomic mass is 16.1. The van der Waals surface area contributed by atoms with E-state index in [9.17, 15) is 4.79 Å². The lowest BCUT2D eigenvalue weighted by atomic mass is 9.97. The zero-order chi connectivity index (χ0) is 19.1. The van der Waals surface area contributed by atoms with Crippen molar-refractivity contribution in [3.8, 4) is 0 Å². The van der Waals surface area contributed by atoms with E-state index in [0.29, 0.717) is 0 Å². The van der Waals surface area contributed by atoms with E-state index in [-0.39, 0.29) is 11.8 Å². The normalized spacial score (nSPS) is 13.3.